The van der Waals surface area contributed by atoms with E-state index < -0.39 is 0 Å². The molecule has 0 saturated carbocycles. The van der Waals surface area contributed by atoms with Crippen molar-refractivity contribution in [1.82, 2.24) is 10.2 Å². The number of rotatable bonds is 3. The van der Waals surface area contributed by atoms with Crippen LogP contribution in [0.25, 0.3) is 0 Å². The zero-order chi connectivity index (χ0) is 8.81. The van der Waals surface area contributed by atoms with E-state index >= 15 is 0 Å². The summed E-state index contributed by atoms with van der Waals surface area (Å²) in [4.78, 5) is 2.47. The first-order chi connectivity index (χ1) is 5.83. The van der Waals surface area contributed by atoms with Crippen molar-refractivity contribution in [2.75, 3.05) is 46.4 Å². The number of nitrogens with one attached hydrogen (secondary N) is 1. The predicted octanol–water partition coefficient (Wildman–Crippen LogP) is 0.174. The number of hydrogen-bond acceptors (Lipinski definition) is 3. The number of hydrogen-bond donors (Lipinski definition) is 1. The third kappa shape index (κ3) is 3.52. The molecule has 72 valence electrons. The summed E-state index contributed by atoms with van der Waals surface area (Å²) >= 11 is 0. The molecule has 0 radical (unpaired) electrons. The molecule has 1 unspecified atom stereocenters. The summed E-state index contributed by atoms with van der Waals surface area (Å²) < 4.78 is 5.06. The van der Waals surface area contributed by atoms with Gasteiger partial charge in [-0.1, -0.05) is 6.92 Å². The molecule has 0 aliphatic carbocycles. The van der Waals surface area contributed by atoms with E-state index in [0.717, 1.165) is 38.7 Å². The van der Waals surface area contributed by atoms with Crippen LogP contribution >= 0.6 is 0 Å². The van der Waals surface area contributed by atoms with Crippen molar-refractivity contribution in [3.8, 4) is 0 Å². The smallest absolute Gasteiger partial charge is 0.0589 e. The first kappa shape index (κ1) is 9.96. The summed E-state index contributed by atoms with van der Waals surface area (Å²) in [5, 5.41) is 3.42. The van der Waals surface area contributed by atoms with Gasteiger partial charge in [0.15, 0.2) is 0 Å². The Hall–Kier alpha value is -0.120. The van der Waals surface area contributed by atoms with E-state index in [4.69, 9.17) is 4.74 Å². The summed E-state index contributed by atoms with van der Waals surface area (Å²) in [6.45, 7) is 8.86. The Labute approximate surface area is 75.1 Å². The van der Waals surface area contributed by atoms with Crippen molar-refractivity contribution in [3.05, 3.63) is 0 Å². The molecule has 3 nitrogen and oxygen atoms in total. The maximum Gasteiger partial charge on any atom is 0.0589 e. The van der Waals surface area contributed by atoms with Crippen LogP contribution in [0, 0.1) is 5.92 Å². The van der Waals surface area contributed by atoms with Crippen LogP contribution in [-0.4, -0.2) is 51.3 Å². The van der Waals surface area contributed by atoms with Crippen LogP contribution in [0.2, 0.25) is 0 Å². The lowest BCUT2D eigenvalue weighted by Crippen LogP contribution is -2.32. The second-order valence-corrected chi connectivity index (χ2v) is 3.60. The van der Waals surface area contributed by atoms with E-state index in [1.54, 1.807) is 7.11 Å². The monoisotopic (exact) mass is 172 g/mol. The predicted molar refractivity (Wildman–Crippen MR) is 50.3 cm³/mol. The van der Waals surface area contributed by atoms with Gasteiger partial charge in [0.1, 0.15) is 0 Å². The molecule has 0 amide bonds. The highest BCUT2D eigenvalue weighted by atomic mass is 16.5. The standard InChI is InChI=1S/C9H20N2O/c1-9-7-10-3-4-11(8-9)5-6-12-2/h9-10H,3-8H2,1-2H3. The molecule has 3 heteroatoms. The minimum Gasteiger partial charge on any atom is -0.383 e. The van der Waals surface area contributed by atoms with Crippen LogP contribution in [0.15, 0.2) is 0 Å². The third-order valence-electron chi connectivity index (χ3n) is 2.28. The fourth-order valence-electron chi connectivity index (χ4n) is 1.61. The number of ether oxygens (including phenoxy) is 1. The molecule has 1 aliphatic heterocycles. The van der Waals surface area contributed by atoms with Crippen molar-refractivity contribution in [3.63, 3.8) is 0 Å². The van der Waals surface area contributed by atoms with Gasteiger partial charge >= 0.3 is 0 Å². The van der Waals surface area contributed by atoms with Crippen LogP contribution < -0.4 is 5.32 Å². The second-order valence-electron chi connectivity index (χ2n) is 3.60. The molecule has 0 aromatic carbocycles. The minimum absolute atomic E-state index is 0.768. The maximum absolute atomic E-state index is 5.06. The fourth-order valence-corrected chi connectivity index (χ4v) is 1.61. The lowest BCUT2D eigenvalue weighted by atomic mass is 10.2. The third-order valence-corrected chi connectivity index (χ3v) is 2.28. The van der Waals surface area contributed by atoms with Gasteiger partial charge in [0, 0.05) is 33.3 Å². The topological polar surface area (TPSA) is 24.5 Å². The molecule has 0 aromatic heterocycles. The van der Waals surface area contributed by atoms with Crippen LogP contribution in [-0.2, 0) is 4.74 Å². The molecule has 1 atom stereocenters. The molecule has 0 bridgehead atoms. The van der Waals surface area contributed by atoms with Gasteiger partial charge in [-0.3, -0.25) is 4.90 Å². The van der Waals surface area contributed by atoms with Crippen molar-refractivity contribution in [2.45, 2.75) is 6.92 Å². The van der Waals surface area contributed by atoms with Crippen LogP contribution in [0.1, 0.15) is 6.92 Å². The van der Waals surface area contributed by atoms with E-state index in [9.17, 15) is 0 Å². The molecule has 1 aliphatic rings. The Morgan fingerprint density at radius 1 is 1.58 bits per heavy atom. The van der Waals surface area contributed by atoms with Gasteiger partial charge in [0.05, 0.1) is 6.61 Å². The van der Waals surface area contributed by atoms with Crippen LogP contribution in [0.4, 0.5) is 0 Å². The molecule has 12 heavy (non-hydrogen) atoms. The van der Waals surface area contributed by atoms with Gasteiger partial charge < -0.3 is 10.1 Å². The van der Waals surface area contributed by atoms with Crippen molar-refractivity contribution < 1.29 is 4.74 Å². The van der Waals surface area contributed by atoms with Gasteiger partial charge in [-0.05, 0) is 12.5 Å². The van der Waals surface area contributed by atoms with E-state index in [2.05, 4.69) is 17.1 Å². The van der Waals surface area contributed by atoms with E-state index in [1.807, 2.05) is 0 Å². The molecule has 1 N–H and O–H groups in total. The second kappa shape index (κ2) is 5.51. The Balaban J connectivity index is 2.21. The first-order valence-corrected chi connectivity index (χ1v) is 4.75. The SMILES string of the molecule is COCCN1CCNCC(C)C1. The van der Waals surface area contributed by atoms with E-state index in [1.165, 1.54) is 6.54 Å². The molecular formula is C9H20N2O. The highest BCUT2D eigenvalue weighted by molar-refractivity contribution is 4.70. The fraction of sp³-hybridized carbons (Fsp3) is 1.00. The Morgan fingerprint density at radius 3 is 3.17 bits per heavy atom. The van der Waals surface area contributed by atoms with Crippen molar-refractivity contribution in [2.24, 2.45) is 5.92 Å². The summed E-state index contributed by atoms with van der Waals surface area (Å²) in [6.07, 6.45) is 0. The van der Waals surface area contributed by atoms with Crippen molar-refractivity contribution in [1.29, 1.82) is 0 Å². The lowest BCUT2D eigenvalue weighted by molar-refractivity contribution is 0.146. The maximum atomic E-state index is 5.06. The quantitative estimate of drug-likeness (QED) is 0.657. The minimum atomic E-state index is 0.768. The van der Waals surface area contributed by atoms with Crippen molar-refractivity contribution >= 4 is 0 Å². The lowest BCUT2D eigenvalue weighted by Gasteiger charge is -2.20. The average molecular weight is 172 g/mol. The van der Waals surface area contributed by atoms with E-state index in [-0.39, 0.29) is 0 Å². The van der Waals surface area contributed by atoms with Gasteiger partial charge in [0.2, 0.25) is 0 Å². The Bertz CT molecular complexity index is 119. The van der Waals surface area contributed by atoms with Gasteiger partial charge in [0.25, 0.3) is 0 Å². The molecular weight excluding hydrogens is 152 g/mol. The average Bonchev–Trinajstić information content (AvgIpc) is 2.26. The Morgan fingerprint density at radius 2 is 2.42 bits per heavy atom. The largest absolute Gasteiger partial charge is 0.383 e. The first-order valence-electron chi connectivity index (χ1n) is 4.75. The number of methoxy groups -OCH3 is 1. The summed E-state index contributed by atoms with van der Waals surface area (Å²) in [6, 6.07) is 0. The molecule has 0 aromatic rings. The molecule has 1 saturated heterocycles. The highest BCUT2D eigenvalue weighted by Gasteiger charge is 2.12. The van der Waals surface area contributed by atoms with Gasteiger partial charge in [-0.2, -0.15) is 0 Å². The molecule has 1 rings (SSSR count). The van der Waals surface area contributed by atoms with Crippen LogP contribution in [0.5, 0.6) is 0 Å². The number of nitrogens with zero attached hydrogens (tertiary/aromatic N) is 1. The summed E-state index contributed by atoms with van der Waals surface area (Å²) in [7, 11) is 1.76. The van der Waals surface area contributed by atoms with Gasteiger partial charge in [-0.15, -0.1) is 0 Å². The van der Waals surface area contributed by atoms with Gasteiger partial charge in [-0.25, -0.2) is 0 Å². The highest BCUT2D eigenvalue weighted by Crippen LogP contribution is 2.01. The molecule has 0 spiro atoms. The summed E-state index contributed by atoms with van der Waals surface area (Å²) in [5.74, 6) is 0.768. The normalized spacial score (nSPS) is 27.0. The zero-order valence-electron chi connectivity index (χ0n) is 8.18. The molecule has 1 heterocycles. The molecule has 1 fully saturated rings. The van der Waals surface area contributed by atoms with E-state index in [0.29, 0.717) is 0 Å². The zero-order valence-corrected chi connectivity index (χ0v) is 8.18. The van der Waals surface area contributed by atoms with Crippen LogP contribution in [0.3, 0.4) is 0 Å². The Kier molecular flexibility index (Phi) is 4.58. The summed E-state index contributed by atoms with van der Waals surface area (Å²) in [5.41, 5.74) is 0.